The van der Waals surface area contributed by atoms with E-state index >= 15 is 0 Å². The molecule has 3 rings (SSSR count). The van der Waals surface area contributed by atoms with Crippen molar-refractivity contribution < 1.29 is 35.9 Å². The number of pyridine rings is 2. The Morgan fingerprint density at radius 3 is 2.28 bits per heavy atom. The summed E-state index contributed by atoms with van der Waals surface area (Å²) in [4.78, 5) is 20.4. The van der Waals surface area contributed by atoms with Crippen molar-refractivity contribution in [3.8, 4) is 5.75 Å². The van der Waals surface area contributed by atoms with Gasteiger partial charge in [-0.1, -0.05) is 12.1 Å². The average molecular weight is 455 g/mol. The zero-order valence-electron chi connectivity index (χ0n) is 16.3. The molecule has 1 atom stereocenters. The lowest BCUT2D eigenvalue weighted by molar-refractivity contribution is -0.139. The first-order valence-electron chi connectivity index (χ1n) is 9.00. The number of halogens is 6. The maximum atomic E-state index is 13.6. The minimum Gasteiger partial charge on any atom is -0.495 e. The molecule has 2 heterocycles. The highest BCUT2D eigenvalue weighted by atomic mass is 19.4. The van der Waals surface area contributed by atoms with Crippen molar-refractivity contribution in [1.82, 2.24) is 15.3 Å². The van der Waals surface area contributed by atoms with Crippen LogP contribution in [0.1, 0.15) is 38.8 Å². The first-order valence-corrected chi connectivity index (χ1v) is 9.00. The van der Waals surface area contributed by atoms with E-state index in [0.717, 1.165) is 42.6 Å². The number of nitrogens with one attached hydrogen (secondary N) is 1. The lowest BCUT2D eigenvalue weighted by atomic mass is 9.97. The molecule has 0 saturated heterocycles. The summed E-state index contributed by atoms with van der Waals surface area (Å²) >= 11 is 0. The number of aromatic nitrogens is 2. The Labute approximate surface area is 178 Å². The van der Waals surface area contributed by atoms with Crippen LogP contribution >= 0.6 is 0 Å². The quantitative estimate of drug-likeness (QED) is 0.548. The second-order valence-electron chi connectivity index (χ2n) is 6.57. The Balaban J connectivity index is 2.07. The molecular formula is C21H15F6N3O2. The molecule has 11 heteroatoms. The molecule has 0 saturated carbocycles. The number of hydrogen-bond donors (Lipinski definition) is 1. The van der Waals surface area contributed by atoms with Gasteiger partial charge in [-0.05, 0) is 35.9 Å². The molecule has 2 aromatic heterocycles. The van der Waals surface area contributed by atoms with Crippen molar-refractivity contribution in [2.75, 3.05) is 7.11 Å². The Morgan fingerprint density at radius 1 is 1.00 bits per heavy atom. The molecule has 32 heavy (non-hydrogen) atoms. The molecule has 1 unspecified atom stereocenters. The first-order chi connectivity index (χ1) is 15.0. The molecule has 5 nitrogen and oxygen atoms in total. The van der Waals surface area contributed by atoms with E-state index in [1.54, 1.807) is 0 Å². The molecule has 0 spiro atoms. The van der Waals surface area contributed by atoms with Crippen LogP contribution in [0.25, 0.3) is 0 Å². The van der Waals surface area contributed by atoms with Crippen molar-refractivity contribution in [2.24, 2.45) is 0 Å². The predicted molar refractivity (Wildman–Crippen MR) is 101 cm³/mol. The summed E-state index contributed by atoms with van der Waals surface area (Å²) in [6.07, 6.45) is -5.85. The summed E-state index contributed by atoms with van der Waals surface area (Å²) in [7, 11) is 1.34. The number of methoxy groups -OCH3 is 1. The van der Waals surface area contributed by atoms with Crippen molar-refractivity contribution >= 4 is 5.91 Å². The van der Waals surface area contributed by atoms with Crippen LogP contribution in [0, 0.1) is 0 Å². The van der Waals surface area contributed by atoms with Crippen LogP contribution in [0.4, 0.5) is 26.3 Å². The Hall–Kier alpha value is -3.63. The van der Waals surface area contributed by atoms with Crippen molar-refractivity contribution in [3.63, 3.8) is 0 Å². The number of nitrogens with zero attached hydrogens (tertiary/aromatic N) is 2. The van der Waals surface area contributed by atoms with Gasteiger partial charge in [0.05, 0.1) is 41.7 Å². The van der Waals surface area contributed by atoms with Gasteiger partial charge in [0.15, 0.2) is 0 Å². The summed E-state index contributed by atoms with van der Waals surface area (Å²) in [5.41, 5.74) is -2.73. The number of hydrogen-bond acceptors (Lipinski definition) is 4. The van der Waals surface area contributed by atoms with Crippen LogP contribution in [0.15, 0.2) is 61.1 Å². The number of rotatable bonds is 5. The SMILES string of the molecule is COc1cncc(C(=O)NC(c2ccc(C(F)(F)F)cc2)c2ncccc2C(F)(F)F)c1. The van der Waals surface area contributed by atoms with E-state index in [0.29, 0.717) is 0 Å². The van der Waals surface area contributed by atoms with Gasteiger partial charge in [0.1, 0.15) is 5.75 Å². The molecule has 0 bridgehead atoms. The molecule has 3 aromatic rings. The first kappa shape index (κ1) is 23.0. The van der Waals surface area contributed by atoms with E-state index in [1.165, 1.54) is 25.6 Å². The van der Waals surface area contributed by atoms with Crippen molar-refractivity contribution in [2.45, 2.75) is 18.4 Å². The number of alkyl halides is 6. The van der Waals surface area contributed by atoms with Crippen LogP contribution in [-0.2, 0) is 12.4 Å². The zero-order valence-corrected chi connectivity index (χ0v) is 16.3. The minimum absolute atomic E-state index is 0.0218. The van der Waals surface area contributed by atoms with Crippen LogP contribution in [0.2, 0.25) is 0 Å². The molecule has 1 N–H and O–H groups in total. The number of carbonyl (C=O) groups is 1. The van der Waals surface area contributed by atoms with Gasteiger partial charge in [0.25, 0.3) is 5.91 Å². The zero-order chi connectivity index (χ0) is 23.5. The molecule has 0 aliphatic carbocycles. The van der Waals surface area contributed by atoms with Gasteiger partial charge in [-0.25, -0.2) is 0 Å². The van der Waals surface area contributed by atoms with Crippen molar-refractivity contribution in [3.05, 3.63) is 89.0 Å². The topological polar surface area (TPSA) is 64.1 Å². The van der Waals surface area contributed by atoms with Crippen molar-refractivity contribution in [1.29, 1.82) is 0 Å². The average Bonchev–Trinajstić information content (AvgIpc) is 2.76. The monoisotopic (exact) mass is 455 g/mol. The highest BCUT2D eigenvalue weighted by Crippen LogP contribution is 2.36. The number of amides is 1. The van der Waals surface area contributed by atoms with Gasteiger partial charge in [-0.3, -0.25) is 14.8 Å². The largest absolute Gasteiger partial charge is 0.495 e. The second-order valence-corrected chi connectivity index (χ2v) is 6.57. The van der Waals surface area contributed by atoms with Gasteiger partial charge in [-0.15, -0.1) is 0 Å². The second kappa shape index (κ2) is 8.85. The molecule has 1 aromatic carbocycles. The molecule has 0 aliphatic rings. The lowest BCUT2D eigenvalue weighted by Crippen LogP contribution is -2.31. The normalized spacial score (nSPS) is 12.8. The summed E-state index contributed by atoms with van der Waals surface area (Å²) < 4.78 is 84.5. The highest BCUT2D eigenvalue weighted by Gasteiger charge is 2.37. The van der Waals surface area contributed by atoms with E-state index in [-0.39, 0.29) is 16.9 Å². The molecule has 1 amide bonds. The van der Waals surface area contributed by atoms with Crippen LogP contribution in [0.3, 0.4) is 0 Å². The molecular weight excluding hydrogens is 440 g/mol. The smallest absolute Gasteiger partial charge is 0.418 e. The van der Waals surface area contributed by atoms with E-state index in [1.807, 2.05) is 0 Å². The Bertz CT molecular complexity index is 1100. The fraction of sp³-hybridized carbons (Fsp3) is 0.190. The third-order valence-electron chi connectivity index (χ3n) is 4.48. The van der Waals surface area contributed by atoms with Crippen LogP contribution in [-0.4, -0.2) is 23.0 Å². The summed E-state index contributed by atoms with van der Waals surface area (Å²) in [5, 5.41) is 2.41. The van der Waals surface area contributed by atoms with Gasteiger partial charge >= 0.3 is 12.4 Å². The van der Waals surface area contributed by atoms with E-state index in [4.69, 9.17) is 4.74 Å². The van der Waals surface area contributed by atoms with Crippen LogP contribution in [0.5, 0.6) is 5.75 Å². The summed E-state index contributed by atoms with van der Waals surface area (Å²) in [6.45, 7) is 0. The maximum absolute atomic E-state index is 13.6. The minimum atomic E-state index is -4.81. The van der Waals surface area contributed by atoms with Crippen LogP contribution < -0.4 is 10.1 Å². The third kappa shape index (κ3) is 5.16. The lowest BCUT2D eigenvalue weighted by Gasteiger charge is -2.23. The highest BCUT2D eigenvalue weighted by molar-refractivity contribution is 5.94. The molecule has 0 fully saturated rings. The fourth-order valence-electron chi connectivity index (χ4n) is 2.93. The molecule has 168 valence electrons. The van der Waals surface area contributed by atoms with E-state index in [2.05, 4.69) is 15.3 Å². The van der Waals surface area contributed by atoms with Gasteiger partial charge in [0, 0.05) is 12.4 Å². The standard InChI is InChI=1S/C21H15F6N3O2/c1-32-15-9-13(10-28-11-15)19(31)30-17(12-4-6-14(7-5-12)20(22,23)24)18-16(21(25,26)27)3-2-8-29-18/h2-11,17H,1H3,(H,30,31). The summed E-state index contributed by atoms with van der Waals surface area (Å²) in [6, 6.07) is 5.10. The van der Waals surface area contributed by atoms with Gasteiger partial charge in [-0.2, -0.15) is 26.3 Å². The van der Waals surface area contributed by atoms with E-state index < -0.39 is 41.1 Å². The Morgan fingerprint density at radius 2 is 1.69 bits per heavy atom. The number of ether oxygens (including phenoxy) is 1. The maximum Gasteiger partial charge on any atom is 0.418 e. The van der Waals surface area contributed by atoms with Gasteiger partial charge < -0.3 is 10.1 Å². The fourth-order valence-corrected chi connectivity index (χ4v) is 2.93. The molecule has 0 radical (unpaired) electrons. The number of carbonyl (C=O) groups excluding carboxylic acids is 1. The third-order valence-corrected chi connectivity index (χ3v) is 4.48. The summed E-state index contributed by atoms with van der Waals surface area (Å²) in [5.74, 6) is -0.586. The van der Waals surface area contributed by atoms with E-state index in [9.17, 15) is 31.1 Å². The molecule has 0 aliphatic heterocycles. The number of benzene rings is 1. The van der Waals surface area contributed by atoms with Gasteiger partial charge in [0.2, 0.25) is 0 Å². The predicted octanol–water partition coefficient (Wildman–Crippen LogP) is 5.04. The Kier molecular flexibility index (Phi) is 6.37.